The van der Waals surface area contributed by atoms with Crippen LogP contribution >= 0.6 is 0 Å². The Balaban J connectivity index is 1.38. The summed E-state index contributed by atoms with van der Waals surface area (Å²) in [6, 6.07) is 36.1. The van der Waals surface area contributed by atoms with E-state index in [2.05, 4.69) is 70.9 Å². The Morgan fingerprint density at radius 3 is 1.81 bits per heavy atom. The van der Waals surface area contributed by atoms with Gasteiger partial charge in [-0.2, -0.15) is 0 Å². The van der Waals surface area contributed by atoms with Gasteiger partial charge in [0.1, 0.15) is 0 Å². The fraction of sp³-hybridized carbons (Fsp3) is 0.257. The molecular formula is C35H37N5O2. The third-order valence-corrected chi connectivity index (χ3v) is 8.71. The molecular weight excluding hydrogens is 522 g/mol. The molecule has 0 aromatic heterocycles. The first-order valence-corrected chi connectivity index (χ1v) is 14.7. The first-order chi connectivity index (χ1) is 20.6. The van der Waals surface area contributed by atoms with E-state index in [-0.39, 0.29) is 11.3 Å². The second kappa shape index (κ2) is 12.1. The van der Waals surface area contributed by atoms with Crippen molar-refractivity contribution >= 4 is 29.0 Å². The molecule has 4 aromatic rings. The maximum Gasteiger partial charge on any atom is 0.323 e. The van der Waals surface area contributed by atoms with Gasteiger partial charge < -0.3 is 20.9 Å². The number of carbonyl (C=O) groups is 2. The molecule has 3 amide bonds. The molecule has 6 rings (SSSR count). The number of hydrogen-bond donors (Lipinski definition) is 2. The van der Waals surface area contributed by atoms with Crippen LogP contribution in [0.15, 0.2) is 109 Å². The molecule has 0 bridgehead atoms. The predicted molar refractivity (Wildman–Crippen MR) is 168 cm³/mol. The highest BCUT2D eigenvalue weighted by Crippen LogP contribution is 2.44. The molecule has 42 heavy (non-hydrogen) atoms. The van der Waals surface area contributed by atoms with Gasteiger partial charge in [0, 0.05) is 50.2 Å². The maximum absolute atomic E-state index is 13.5. The van der Waals surface area contributed by atoms with E-state index >= 15 is 0 Å². The second-order valence-corrected chi connectivity index (χ2v) is 11.1. The highest BCUT2D eigenvalue weighted by atomic mass is 16.2. The van der Waals surface area contributed by atoms with Crippen LogP contribution in [0.4, 0.5) is 21.9 Å². The Labute approximate surface area is 247 Å². The first kappa shape index (κ1) is 27.5. The standard InChI is InChI=1S/C35H37N5O2/c36-34(42)40(30-14-8-3-9-15-30)32-26-27(33(41)39-24-20-37-21-25-39)16-17-31(32)38-22-18-35(19-23-38,28-10-4-1-5-11-28)29-12-6-2-7-13-29/h1-17,26,37H,18-25H2,(H2,36,42). The summed E-state index contributed by atoms with van der Waals surface area (Å²) in [7, 11) is 0. The molecule has 2 fully saturated rings. The van der Waals surface area contributed by atoms with E-state index < -0.39 is 6.03 Å². The van der Waals surface area contributed by atoms with Crippen molar-refractivity contribution in [1.82, 2.24) is 10.2 Å². The summed E-state index contributed by atoms with van der Waals surface area (Å²) in [5, 5.41) is 3.30. The van der Waals surface area contributed by atoms with Crippen LogP contribution < -0.4 is 20.9 Å². The van der Waals surface area contributed by atoms with E-state index in [0.717, 1.165) is 44.7 Å². The number of carbonyl (C=O) groups excluding carboxylic acids is 2. The molecule has 0 unspecified atom stereocenters. The van der Waals surface area contributed by atoms with Crippen molar-refractivity contribution in [1.29, 1.82) is 0 Å². The molecule has 0 spiro atoms. The van der Waals surface area contributed by atoms with E-state index in [1.807, 2.05) is 53.4 Å². The number of amides is 3. The number of nitrogens with zero attached hydrogens (tertiary/aromatic N) is 3. The summed E-state index contributed by atoms with van der Waals surface area (Å²) in [5.41, 5.74) is 11.3. The van der Waals surface area contributed by atoms with Crippen LogP contribution in [0.2, 0.25) is 0 Å². The first-order valence-electron chi connectivity index (χ1n) is 14.7. The predicted octanol–water partition coefficient (Wildman–Crippen LogP) is 5.54. The lowest BCUT2D eigenvalue weighted by Crippen LogP contribution is -2.46. The van der Waals surface area contributed by atoms with E-state index in [1.54, 1.807) is 0 Å². The van der Waals surface area contributed by atoms with Crippen LogP contribution in [0.3, 0.4) is 0 Å². The lowest BCUT2D eigenvalue weighted by atomic mass is 9.68. The zero-order chi connectivity index (χ0) is 28.9. The molecule has 2 aliphatic rings. The minimum absolute atomic E-state index is 0.0346. The van der Waals surface area contributed by atoms with Crippen LogP contribution in [0, 0.1) is 0 Å². The Morgan fingerprint density at radius 2 is 1.26 bits per heavy atom. The van der Waals surface area contributed by atoms with E-state index in [0.29, 0.717) is 30.0 Å². The molecule has 0 saturated carbocycles. The molecule has 214 valence electrons. The van der Waals surface area contributed by atoms with Crippen molar-refractivity contribution in [3.8, 4) is 0 Å². The fourth-order valence-corrected chi connectivity index (χ4v) is 6.50. The monoisotopic (exact) mass is 559 g/mol. The molecule has 7 nitrogen and oxygen atoms in total. The summed E-state index contributed by atoms with van der Waals surface area (Å²) in [5.74, 6) is -0.0346. The number of piperidine rings is 1. The normalized spacial score (nSPS) is 16.6. The average Bonchev–Trinajstić information content (AvgIpc) is 3.06. The highest BCUT2D eigenvalue weighted by molar-refractivity contribution is 6.04. The molecule has 2 saturated heterocycles. The van der Waals surface area contributed by atoms with Crippen LogP contribution in [-0.2, 0) is 5.41 Å². The van der Waals surface area contributed by atoms with Gasteiger partial charge in [0.15, 0.2) is 0 Å². The van der Waals surface area contributed by atoms with Crippen LogP contribution in [0.1, 0.15) is 34.3 Å². The molecule has 4 aromatic carbocycles. The van der Waals surface area contributed by atoms with Crippen molar-refractivity contribution in [2.24, 2.45) is 5.73 Å². The smallest absolute Gasteiger partial charge is 0.323 e. The quantitative estimate of drug-likeness (QED) is 0.325. The number of benzene rings is 4. The number of anilines is 3. The molecule has 0 aliphatic carbocycles. The number of hydrogen-bond acceptors (Lipinski definition) is 4. The van der Waals surface area contributed by atoms with Gasteiger partial charge >= 0.3 is 6.03 Å². The summed E-state index contributed by atoms with van der Waals surface area (Å²) in [4.78, 5) is 32.3. The number of piperazine rings is 1. The Hall–Kier alpha value is -4.62. The molecule has 2 aliphatic heterocycles. The van der Waals surface area contributed by atoms with Crippen molar-refractivity contribution in [3.05, 3.63) is 126 Å². The minimum atomic E-state index is -0.589. The largest absolute Gasteiger partial charge is 0.370 e. The summed E-state index contributed by atoms with van der Waals surface area (Å²) >= 11 is 0. The minimum Gasteiger partial charge on any atom is -0.370 e. The van der Waals surface area contributed by atoms with E-state index in [4.69, 9.17) is 5.73 Å². The van der Waals surface area contributed by atoms with Gasteiger partial charge in [-0.1, -0.05) is 78.9 Å². The zero-order valence-electron chi connectivity index (χ0n) is 23.8. The number of nitrogens with two attached hydrogens (primary N) is 1. The number of para-hydroxylation sites is 1. The fourth-order valence-electron chi connectivity index (χ4n) is 6.50. The third-order valence-electron chi connectivity index (χ3n) is 8.71. The van der Waals surface area contributed by atoms with E-state index in [9.17, 15) is 9.59 Å². The number of nitrogens with one attached hydrogen (secondary N) is 1. The maximum atomic E-state index is 13.5. The Morgan fingerprint density at radius 1 is 0.714 bits per heavy atom. The topological polar surface area (TPSA) is 81.9 Å². The average molecular weight is 560 g/mol. The van der Waals surface area contributed by atoms with Gasteiger partial charge in [-0.3, -0.25) is 9.69 Å². The molecule has 0 atom stereocenters. The van der Waals surface area contributed by atoms with Crippen LogP contribution in [-0.4, -0.2) is 56.1 Å². The van der Waals surface area contributed by atoms with Crippen LogP contribution in [0.25, 0.3) is 0 Å². The van der Waals surface area contributed by atoms with Gasteiger partial charge in [-0.15, -0.1) is 0 Å². The van der Waals surface area contributed by atoms with E-state index in [1.165, 1.54) is 16.0 Å². The van der Waals surface area contributed by atoms with Gasteiger partial charge in [0.25, 0.3) is 5.91 Å². The lowest BCUT2D eigenvalue weighted by Gasteiger charge is -2.44. The Kier molecular flexibility index (Phi) is 7.93. The van der Waals surface area contributed by atoms with Gasteiger partial charge in [0.2, 0.25) is 0 Å². The lowest BCUT2D eigenvalue weighted by molar-refractivity contribution is 0.0736. The molecule has 2 heterocycles. The molecule has 0 radical (unpaired) electrons. The Bertz CT molecular complexity index is 1470. The summed E-state index contributed by atoms with van der Waals surface area (Å²) < 4.78 is 0. The second-order valence-electron chi connectivity index (χ2n) is 11.1. The number of rotatable bonds is 6. The van der Waals surface area contributed by atoms with Crippen molar-refractivity contribution in [3.63, 3.8) is 0 Å². The third kappa shape index (κ3) is 5.35. The number of primary amides is 1. The van der Waals surface area contributed by atoms with Gasteiger partial charge in [0.05, 0.1) is 17.1 Å². The van der Waals surface area contributed by atoms with Crippen molar-refractivity contribution in [2.75, 3.05) is 49.1 Å². The zero-order valence-corrected chi connectivity index (χ0v) is 23.8. The number of urea groups is 1. The van der Waals surface area contributed by atoms with Gasteiger partial charge in [-0.25, -0.2) is 4.79 Å². The van der Waals surface area contributed by atoms with Crippen molar-refractivity contribution < 1.29 is 9.59 Å². The molecule has 7 heteroatoms. The SMILES string of the molecule is NC(=O)N(c1ccccc1)c1cc(C(=O)N2CCNCC2)ccc1N1CCC(c2ccccc2)(c2ccccc2)CC1. The summed E-state index contributed by atoms with van der Waals surface area (Å²) in [6.07, 6.45) is 1.81. The van der Waals surface area contributed by atoms with Crippen molar-refractivity contribution in [2.45, 2.75) is 18.3 Å². The highest BCUT2D eigenvalue weighted by Gasteiger charge is 2.38. The van der Waals surface area contributed by atoms with Crippen LogP contribution in [0.5, 0.6) is 0 Å². The summed E-state index contributed by atoms with van der Waals surface area (Å²) in [6.45, 7) is 4.41. The van der Waals surface area contributed by atoms with Gasteiger partial charge in [-0.05, 0) is 54.3 Å². The molecule has 3 N–H and O–H groups in total.